The average molecular weight is 1330 g/mol. The number of carbonyl (C=O) groups excluding carboxylic acids is 2. The van der Waals surface area contributed by atoms with Crippen molar-refractivity contribution in [1.82, 2.24) is 0 Å². The van der Waals surface area contributed by atoms with Gasteiger partial charge in [-0.3, -0.25) is 47.8 Å². The van der Waals surface area contributed by atoms with Gasteiger partial charge in [0.2, 0.25) is 11.6 Å². The van der Waals surface area contributed by atoms with Gasteiger partial charge in [0.1, 0.15) is 31.0 Å². The normalized spacial score (nSPS) is 15.2. The molecule has 0 fully saturated rings. The maximum absolute atomic E-state index is 14.1. The van der Waals surface area contributed by atoms with Gasteiger partial charge in [0.05, 0.1) is 32.5 Å². The first-order valence-corrected chi connectivity index (χ1v) is 33.0. The summed E-state index contributed by atoms with van der Waals surface area (Å²) in [5.74, 6) is -2.10. The van der Waals surface area contributed by atoms with Crippen molar-refractivity contribution in [3.8, 4) is 0 Å². The SMILES string of the molecule is Nc1ccc(N=Nc2ccc(N/N=C3/C(=O)c4ccc(Nc5ccc6c(c5)C=C(S(=O)(=O)O)/C(=N\Nc5ccc(N=Nc7ccc(N)cc7S(=O)(=O)O)c7ccc(S(=O)(=O)O)cc57)C6=O)cc4C=C3S(=O)(=O)O)c3ccc(S(=O)(=O)O)cc23)c(S(=O)(=O)O)c1. The molecule has 0 saturated heterocycles. The predicted octanol–water partition coefficient (Wildman–Crippen LogP) is 8.50. The third kappa shape index (κ3) is 13.1. The van der Waals surface area contributed by atoms with Crippen molar-refractivity contribution in [2.45, 2.75) is 19.6 Å². The predicted molar refractivity (Wildman–Crippen MR) is 323 cm³/mol. The minimum Gasteiger partial charge on any atom is -0.399 e. The highest BCUT2D eigenvalue weighted by Gasteiger charge is 2.35. The molecule has 0 aliphatic heterocycles. The Kier molecular flexibility index (Phi) is 15.8. The van der Waals surface area contributed by atoms with Crippen LogP contribution >= 0.6 is 0 Å². The molecule has 0 saturated carbocycles. The number of azo groups is 2. The van der Waals surface area contributed by atoms with Crippen LogP contribution in [0, 0.1) is 0 Å². The van der Waals surface area contributed by atoms with E-state index in [1.807, 2.05) is 0 Å². The van der Waals surface area contributed by atoms with E-state index in [1.165, 1.54) is 84.9 Å². The minimum atomic E-state index is -5.29. The lowest BCUT2D eigenvalue weighted by Gasteiger charge is -2.19. The van der Waals surface area contributed by atoms with Crippen LogP contribution in [0.4, 0.5) is 56.9 Å². The van der Waals surface area contributed by atoms with Crippen LogP contribution in [0.5, 0.6) is 0 Å². The molecule has 10 rings (SSSR count). The van der Waals surface area contributed by atoms with E-state index < -0.39 is 113 Å². The average Bonchev–Trinajstić information content (AvgIpc) is 0.870. The Balaban J connectivity index is 0.934. The zero-order valence-corrected chi connectivity index (χ0v) is 48.9. The molecule has 8 aromatic rings. The van der Waals surface area contributed by atoms with Crippen molar-refractivity contribution in [3.05, 3.63) is 166 Å². The van der Waals surface area contributed by atoms with Crippen LogP contribution in [0.3, 0.4) is 0 Å². The fourth-order valence-electron chi connectivity index (χ4n) is 9.00. The Morgan fingerprint density at radius 2 is 0.742 bits per heavy atom. The van der Waals surface area contributed by atoms with E-state index in [0.29, 0.717) is 0 Å². The lowest BCUT2D eigenvalue weighted by molar-refractivity contribution is 0.105. The zero-order valence-electron chi connectivity index (χ0n) is 44.0. The number of hydrogen-bond acceptors (Lipinski definition) is 25. The summed E-state index contributed by atoms with van der Waals surface area (Å²) >= 11 is 0. The van der Waals surface area contributed by atoms with Gasteiger partial charge in [0.25, 0.3) is 60.7 Å². The summed E-state index contributed by atoms with van der Waals surface area (Å²) in [4.78, 5) is 23.5. The Morgan fingerprint density at radius 1 is 0.360 bits per heavy atom. The molecule has 8 aromatic carbocycles. The second kappa shape index (κ2) is 22.7. The Labute approximate surface area is 502 Å². The van der Waals surface area contributed by atoms with E-state index in [2.05, 4.69) is 46.8 Å². The third-order valence-electron chi connectivity index (χ3n) is 13.1. The van der Waals surface area contributed by atoms with Crippen molar-refractivity contribution in [1.29, 1.82) is 0 Å². The van der Waals surface area contributed by atoms with Gasteiger partial charge in [-0.2, -0.15) is 60.7 Å². The highest BCUT2D eigenvalue weighted by atomic mass is 32.2. The number of ketones is 2. The van der Waals surface area contributed by atoms with Gasteiger partial charge in [-0.25, -0.2) is 0 Å². The lowest BCUT2D eigenvalue weighted by Crippen LogP contribution is -2.27. The first kappa shape index (κ1) is 62.2. The van der Waals surface area contributed by atoms with E-state index in [9.17, 15) is 87.4 Å². The van der Waals surface area contributed by atoms with Gasteiger partial charge in [-0.1, -0.05) is 12.1 Å². The second-order valence-electron chi connectivity index (χ2n) is 18.9. The Morgan fingerprint density at radius 3 is 1.16 bits per heavy atom. The van der Waals surface area contributed by atoms with E-state index in [4.69, 9.17) is 11.5 Å². The molecule has 0 aromatic heterocycles. The number of rotatable bonds is 16. The molecular weight excluding hydrogens is 1290 g/mol. The first-order chi connectivity index (χ1) is 41.5. The van der Waals surface area contributed by atoms with Gasteiger partial charge in [-0.05, 0) is 145 Å². The molecule has 37 heteroatoms. The van der Waals surface area contributed by atoms with E-state index >= 15 is 0 Å². The summed E-state index contributed by atoms with van der Waals surface area (Å²) < 4.78 is 209. The summed E-state index contributed by atoms with van der Waals surface area (Å²) in [6, 6.07) is 25.7. The summed E-state index contributed by atoms with van der Waals surface area (Å²) in [5.41, 5.74) is 13.3. The summed E-state index contributed by atoms with van der Waals surface area (Å²) in [5, 5.41) is 26.8. The number of nitrogens with two attached hydrogens (primary N) is 2. The number of nitrogens with zero attached hydrogens (tertiary/aromatic N) is 6. The largest absolute Gasteiger partial charge is 0.399 e. The molecule has 2 aliphatic rings. The topological polar surface area (TPSA) is 523 Å². The van der Waals surface area contributed by atoms with Crippen molar-refractivity contribution in [2.24, 2.45) is 30.7 Å². The number of hydrogen-bond donors (Lipinski definition) is 11. The van der Waals surface area contributed by atoms with Crippen LogP contribution in [-0.4, -0.2) is 101 Å². The molecule has 0 heterocycles. The second-order valence-corrected chi connectivity index (χ2v) is 27.3. The van der Waals surface area contributed by atoms with Crippen LogP contribution in [0.2, 0.25) is 0 Å². The van der Waals surface area contributed by atoms with Gasteiger partial charge in [-0.15, -0.1) is 20.5 Å². The van der Waals surface area contributed by atoms with E-state index in [1.54, 1.807) is 0 Å². The van der Waals surface area contributed by atoms with Crippen molar-refractivity contribution < 1.29 is 87.4 Å². The molecule has 456 valence electrons. The number of hydrazone groups is 2. The maximum Gasteiger partial charge on any atom is 0.296 e. The number of fused-ring (bicyclic) bond motifs is 4. The van der Waals surface area contributed by atoms with Crippen molar-refractivity contribution in [3.63, 3.8) is 0 Å². The summed E-state index contributed by atoms with van der Waals surface area (Å²) in [6.45, 7) is 0. The number of benzene rings is 8. The molecule has 0 bridgehead atoms. The van der Waals surface area contributed by atoms with Crippen molar-refractivity contribution >= 4 is 174 Å². The van der Waals surface area contributed by atoms with E-state index in [0.717, 1.165) is 60.7 Å². The van der Waals surface area contributed by atoms with Crippen LogP contribution in [-0.2, 0) is 60.7 Å². The van der Waals surface area contributed by atoms with E-state index in [-0.39, 0.29) is 101 Å². The number of nitrogen functional groups attached to an aromatic ring is 2. The van der Waals surface area contributed by atoms with Gasteiger partial charge in [0.15, 0.2) is 11.4 Å². The minimum absolute atomic E-state index is 0.0349. The Hall–Kier alpha value is -9.90. The summed E-state index contributed by atoms with van der Waals surface area (Å²) in [7, 11) is -30.0. The number of carbonyl (C=O) groups is 2. The highest BCUT2D eigenvalue weighted by Crippen LogP contribution is 2.40. The monoisotopic (exact) mass is 1330 g/mol. The standard InChI is InChI=1S/C52H37N11O20S6/c53-27-1-11-43(45(21-27)86(72,73)74)60-56-39-13-16-42(38-24-32(85(69,70)71)5-9-35(38)39)59-63-50-48(89(81,82)83)20-26-18-30(4-8-34(26)52(50)65)55-29-3-7-33-25(17-29)19-47(88(78,79)80)49(51(33)64)62-58-40-14-15-41(37-23-31(84(66,67)68)6-10-36(37)40)57-61-44-12-2-28(54)22-46(44)87(75,76)77/h1-24,55,58-59H,53-54H2,(H,66,67,68)(H,69,70,71)(H,72,73,74)(H,75,76,77)(H,78,79,80)(H,81,82,83)/b60-56?,61-57?,62-49+,63-50+. The van der Waals surface area contributed by atoms with Gasteiger partial charge in [0, 0.05) is 55.4 Å². The number of anilines is 6. The fraction of sp³-hybridized carbons (Fsp3) is 0. The molecular formula is C52H37N11O20S6. The van der Waals surface area contributed by atoms with Crippen LogP contribution < -0.4 is 27.6 Å². The lowest BCUT2D eigenvalue weighted by atomic mass is 9.93. The smallest absolute Gasteiger partial charge is 0.296 e. The number of Topliss-reactive ketones (excluding diaryl/α,β-unsaturated/α-hetero) is 2. The van der Waals surface area contributed by atoms with Gasteiger partial charge < -0.3 is 16.8 Å². The summed E-state index contributed by atoms with van der Waals surface area (Å²) in [6.07, 6.45) is 1.82. The molecule has 0 unspecified atom stereocenters. The Bertz CT molecular complexity index is 5420. The maximum atomic E-state index is 14.1. The van der Waals surface area contributed by atoms with Crippen molar-refractivity contribution in [2.75, 3.05) is 27.6 Å². The third-order valence-corrected chi connectivity index (χ3v) is 18.3. The molecule has 0 amide bonds. The zero-order chi connectivity index (χ0) is 64.5. The molecule has 0 radical (unpaired) electrons. The molecule has 13 N–H and O–H groups in total. The van der Waals surface area contributed by atoms with Gasteiger partial charge >= 0.3 is 0 Å². The van der Waals surface area contributed by atoms with Crippen LogP contribution in [0.15, 0.2) is 194 Å². The first-order valence-electron chi connectivity index (χ1n) is 24.4. The molecule has 0 atom stereocenters. The molecule has 2 aliphatic carbocycles. The highest BCUT2D eigenvalue weighted by molar-refractivity contribution is 7.91. The molecule has 0 spiro atoms. The van der Waals surface area contributed by atoms with Crippen LogP contribution in [0.25, 0.3) is 33.7 Å². The number of allylic oxidation sites excluding steroid dienone is 2. The van der Waals surface area contributed by atoms with Crippen LogP contribution in [0.1, 0.15) is 31.8 Å². The quantitative estimate of drug-likeness (QED) is 0.0187. The molecule has 31 nitrogen and oxygen atoms in total. The number of nitrogens with one attached hydrogen (secondary N) is 3. The molecule has 89 heavy (non-hydrogen) atoms. The fourth-order valence-corrected chi connectivity index (χ4v) is 12.7.